The number of hydrogen-bond acceptors (Lipinski definition) is 5. The molecular weight excluding hydrogens is 326 g/mol. The number of likely N-dealkylation sites (N-methyl/N-ethyl adjacent to an activating group) is 1. The molecule has 0 spiro atoms. The zero-order valence-electron chi connectivity index (χ0n) is 14.0. The Bertz CT molecular complexity index is 699. The SMILES string of the molecule is CCn1cnnc1SCC(=O)N(C)CC(=O)Nc1ccc(C)cc1. The molecule has 8 heteroatoms. The van der Waals surface area contributed by atoms with Crippen LogP contribution in [0.1, 0.15) is 12.5 Å². The summed E-state index contributed by atoms with van der Waals surface area (Å²) >= 11 is 1.31. The summed E-state index contributed by atoms with van der Waals surface area (Å²) in [6, 6.07) is 7.51. The summed E-state index contributed by atoms with van der Waals surface area (Å²) in [6.07, 6.45) is 1.63. The number of anilines is 1. The second-order valence-electron chi connectivity index (χ2n) is 5.35. The van der Waals surface area contributed by atoms with Crippen LogP contribution in [-0.4, -0.2) is 50.8 Å². The molecule has 2 amide bonds. The van der Waals surface area contributed by atoms with E-state index >= 15 is 0 Å². The van der Waals surface area contributed by atoms with Gasteiger partial charge in [-0.1, -0.05) is 29.5 Å². The number of nitrogens with one attached hydrogen (secondary N) is 1. The summed E-state index contributed by atoms with van der Waals surface area (Å²) in [5.41, 5.74) is 1.84. The maximum absolute atomic E-state index is 12.1. The van der Waals surface area contributed by atoms with Crippen LogP contribution in [0.5, 0.6) is 0 Å². The minimum atomic E-state index is -0.226. The maximum Gasteiger partial charge on any atom is 0.243 e. The maximum atomic E-state index is 12.1. The van der Waals surface area contributed by atoms with E-state index < -0.39 is 0 Å². The highest BCUT2D eigenvalue weighted by Crippen LogP contribution is 2.15. The van der Waals surface area contributed by atoms with Gasteiger partial charge in [-0.2, -0.15) is 0 Å². The first-order valence-corrected chi connectivity index (χ1v) is 8.59. The van der Waals surface area contributed by atoms with Gasteiger partial charge < -0.3 is 14.8 Å². The number of aromatic nitrogens is 3. The molecule has 0 atom stereocenters. The number of amides is 2. The van der Waals surface area contributed by atoms with E-state index in [1.165, 1.54) is 16.7 Å². The molecule has 1 aromatic heterocycles. The molecule has 24 heavy (non-hydrogen) atoms. The average Bonchev–Trinajstić information content (AvgIpc) is 3.02. The second-order valence-corrected chi connectivity index (χ2v) is 6.29. The first-order chi connectivity index (χ1) is 11.5. The van der Waals surface area contributed by atoms with E-state index in [0.29, 0.717) is 5.16 Å². The van der Waals surface area contributed by atoms with Crippen molar-refractivity contribution in [3.8, 4) is 0 Å². The van der Waals surface area contributed by atoms with Crippen molar-refractivity contribution in [2.24, 2.45) is 0 Å². The third-order valence-corrected chi connectivity index (χ3v) is 4.35. The van der Waals surface area contributed by atoms with Gasteiger partial charge in [-0.3, -0.25) is 9.59 Å². The van der Waals surface area contributed by atoms with Crippen LogP contribution in [0.4, 0.5) is 5.69 Å². The lowest BCUT2D eigenvalue weighted by Crippen LogP contribution is -2.36. The molecule has 0 saturated heterocycles. The summed E-state index contributed by atoms with van der Waals surface area (Å²) in [5.74, 6) is -0.145. The van der Waals surface area contributed by atoms with Gasteiger partial charge in [-0.15, -0.1) is 10.2 Å². The molecule has 0 saturated carbocycles. The number of nitrogens with zero attached hydrogens (tertiary/aromatic N) is 4. The zero-order valence-corrected chi connectivity index (χ0v) is 14.8. The highest BCUT2D eigenvalue weighted by Gasteiger charge is 2.15. The van der Waals surface area contributed by atoms with Crippen LogP contribution in [0.3, 0.4) is 0 Å². The van der Waals surface area contributed by atoms with E-state index in [9.17, 15) is 9.59 Å². The molecule has 2 aromatic rings. The third kappa shape index (κ3) is 5.09. The number of carbonyl (C=O) groups excluding carboxylic acids is 2. The van der Waals surface area contributed by atoms with Crippen molar-refractivity contribution in [3.05, 3.63) is 36.2 Å². The Hall–Kier alpha value is -2.35. The molecule has 0 bridgehead atoms. The molecule has 128 valence electrons. The van der Waals surface area contributed by atoms with Crippen LogP contribution < -0.4 is 5.32 Å². The topological polar surface area (TPSA) is 80.1 Å². The number of aryl methyl sites for hydroxylation is 2. The van der Waals surface area contributed by atoms with Crippen LogP contribution in [0.2, 0.25) is 0 Å². The molecule has 0 unspecified atom stereocenters. The minimum Gasteiger partial charge on any atom is -0.336 e. The fourth-order valence-corrected chi connectivity index (χ4v) is 2.87. The molecule has 0 aliphatic carbocycles. The first kappa shape index (κ1) is 18.0. The van der Waals surface area contributed by atoms with Gasteiger partial charge in [0.2, 0.25) is 11.8 Å². The number of thioether (sulfide) groups is 1. The van der Waals surface area contributed by atoms with Crippen molar-refractivity contribution in [1.82, 2.24) is 19.7 Å². The Balaban J connectivity index is 1.80. The Kier molecular flexibility index (Phi) is 6.36. The number of benzene rings is 1. The van der Waals surface area contributed by atoms with E-state index in [1.54, 1.807) is 13.4 Å². The highest BCUT2D eigenvalue weighted by molar-refractivity contribution is 7.99. The van der Waals surface area contributed by atoms with Crippen molar-refractivity contribution >= 4 is 29.3 Å². The summed E-state index contributed by atoms with van der Waals surface area (Å²) in [4.78, 5) is 25.6. The van der Waals surface area contributed by atoms with E-state index in [0.717, 1.165) is 17.8 Å². The molecule has 2 rings (SSSR count). The molecular formula is C16H21N5O2S. The highest BCUT2D eigenvalue weighted by atomic mass is 32.2. The van der Waals surface area contributed by atoms with E-state index in [1.807, 2.05) is 42.7 Å². The van der Waals surface area contributed by atoms with E-state index in [-0.39, 0.29) is 24.1 Å². The predicted octanol–water partition coefficient (Wildman–Crippen LogP) is 1.80. The van der Waals surface area contributed by atoms with Gasteiger partial charge in [0, 0.05) is 19.3 Å². The van der Waals surface area contributed by atoms with Gasteiger partial charge in [-0.25, -0.2) is 0 Å². The van der Waals surface area contributed by atoms with Crippen molar-refractivity contribution in [3.63, 3.8) is 0 Å². The Morgan fingerprint density at radius 2 is 2.00 bits per heavy atom. The molecule has 0 fully saturated rings. The Labute approximate surface area is 145 Å². The average molecular weight is 347 g/mol. The molecule has 1 N–H and O–H groups in total. The fourth-order valence-electron chi connectivity index (χ4n) is 1.95. The molecule has 7 nitrogen and oxygen atoms in total. The van der Waals surface area contributed by atoms with Crippen molar-refractivity contribution in [2.45, 2.75) is 25.5 Å². The molecule has 0 aliphatic heterocycles. The number of rotatable bonds is 7. The van der Waals surface area contributed by atoms with E-state index in [2.05, 4.69) is 15.5 Å². The Morgan fingerprint density at radius 3 is 2.67 bits per heavy atom. The lowest BCUT2D eigenvalue weighted by Gasteiger charge is -2.16. The second kappa shape index (κ2) is 8.49. The van der Waals surface area contributed by atoms with Gasteiger partial charge in [0.25, 0.3) is 0 Å². The predicted molar refractivity (Wildman–Crippen MR) is 93.9 cm³/mol. The van der Waals surface area contributed by atoms with Gasteiger partial charge in [0.15, 0.2) is 5.16 Å². The van der Waals surface area contributed by atoms with E-state index in [4.69, 9.17) is 0 Å². The number of hydrogen-bond donors (Lipinski definition) is 1. The standard InChI is InChI=1S/C16H21N5O2S/c1-4-21-11-17-19-16(21)24-10-15(23)20(3)9-14(22)18-13-7-5-12(2)6-8-13/h5-8,11H,4,9-10H2,1-3H3,(H,18,22). The molecule has 0 radical (unpaired) electrons. The fraction of sp³-hybridized carbons (Fsp3) is 0.375. The van der Waals surface area contributed by atoms with Crippen LogP contribution in [0.25, 0.3) is 0 Å². The lowest BCUT2D eigenvalue weighted by molar-refractivity contribution is -0.131. The number of carbonyl (C=O) groups is 2. The summed E-state index contributed by atoms with van der Waals surface area (Å²) in [6.45, 7) is 4.72. The summed E-state index contributed by atoms with van der Waals surface area (Å²) in [7, 11) is 1.61. The van der Waals surface area contributed by atoms with Gasteiger partial charge >= 0.3 is 0 Å². The molecule has 1 aromatic carbocycles. The van der Waals surface area contributed by atoms with Crippen molar-refractivity contribution < 1.29 is 9.59 Å². The monoisotopic (exact) mass is 347 g/mol. The quantitative estimate of drug-likeness (QED) is 0.773. The summed E-state index contributed by atoms with van der Waals surface area (Å²) < 4.78 is 1.86. The van der Waals surface area contributed by atoms with Crippen molar-refractivity contribution in [1.29, 1.82) is 0 Å². The largest absolute Gasteiger partial charge is 0.336 e. The van der Waals surface area contributed by atoms with Crippen LogP contribution in [0.15, 0.2) is 35.7 Å². The summed E-state index contributed by atoms with van der Waals surface area (Å²) in [5, 5.41) is 11.3. The van der Waals surface area contributed by atoms with Crippen LogP contribution >= 0.6 is 11.8 Å². The van der Waals surface area contributed by atoms with Gasteiger partial charge in [0.1, 0.15) is 6.33 Å². The van der Waals surface area contributed by atoms with Crippen LogP contribution in [-0.2, 0) is 16.1 Å². The first-order valence-electron chi connectivity index (χ1n) is 7.60. The third-order valence-electron chi connectivity index (χ3n) is 3.39. The van der Waals surface area contributed by atoms with Gasteiger partial charge in [0.05, 0.1) is 12.3 Å². The van der Waals surface area contributed by atoms with Gasteiger partial charge in [-0.05, 0) is 26.0 Å². The van der Waals surface area contributed by atoms with Crippen molar-refractivity contribution in [2.75, 3.05) is 24.7 Å². The Morgan fingerprint density at radius 1 is 1.29 bits per heavy atom. The molecule has 0 aliphatic rings. The minimum absolute atomic E-state index is 0.00768. The smallest absolute Gasteiger partial charge is 0.243 e. The molecule has 1 heterocycles. The normalized spacial score (nSPS) is 10.5. The zero-order chi connectivity index (χ0) is 17.5. The van der Waals surface area contributed by atoms with Crippen LogP contribution in [0, 0.1) is 6.92 Å². The lowest BCUT2D eigenvalue weighted by atomic mass is 10.2.